The van der Waals surface area contributed by atoms with Crippen molar-refractivity contribution in [2.45, 2.75) is 32.2 Å². The summed E-state index contributed by atoms with van der Waals surface area (Å²) in [6, 6.07) is 5.00. The van der Waals surface area contributed by atoms with Crippen LogP contribution in [0, 0.1) is 11.7 Å². The maximum Gasteiger partial charge on any atom is 0.317 e. The predicted molar refractivity (Wildman–Crippen MR) is 80.0 cm³/mol. The second-order valence-electron chi connectivity index (χ2n) is 5.64. The molecular formula is C16H23FN2O2. The third kappa shape index (κ3) is 4.09. The highest BCUT2D eigenvalue weighted by atomic mass is 19.1. The molecular weight excluding hydrogens is 271 g/mol. The maximum atomic E-state index is 13.3. The third-order valence-electron chi connectivity index (χ3n) is 4.14. The summed E-state index contributed by atoms with van der Waals surface area (Å²) in [7, 11) is 3.28. The summed E-state index contributed by atoms with van der Waals surface area (Å²) in [6.45, 7) is 2.61. The number of hydrogen-bond acceptors (Lipinski definition) is 2. The molecule has 2 rings (SSSR count). The summed E-state index contributed by atoms with van der Waals surface area (Å²) in [5.41, 5.74) is 0.937. The standard InChI is InChI=1S/C16H23FN2O2/c1-11(13-5-6-13)19(2)16(20)18-9-8-12-4-7-14(17)15(10-12)21-3/h4,7,10-11,13H,5-6,8-9H2,1-3H3,(H,18,20)/t11-/m1/s1. The van der Waals surface area contributed by atoms with Gasteiger partial charge in [0, 0.05) is 19.6 Å². The van der Waals surface area contributed by atoms with Crippen molar-refractivity contribution < 1.29 is 13.9 Å². The van der Waals surface area contributed by atoms with Crippen LogP contribution in [0.3, 0.4) is 0 Å². The fraction of sp³-hybridized carbons (Fsp3) is 0.562. The zero-order valence-electron chi connectivity index (χ0n) is 12.9. The second-order valence-corrected chi connectivity index (χ2v) is 5.64. The first-order valence-electron chi connectivity index (χ1n) is 7.36. The minimum atomic E-state index is -0.372. The number of nitrogens with one attached hydrogen (secondary N) is 1. The van der Waals surface area contributed by atoms with Crippen LogP contribution in [0.5, 0.6) is 5.75 Å². The van der Waals surface area contributed by atoms with E-state index in [1.807, 2.05) is 7.05 Å². The first-order valence-corrected chi connectivity index (χ1v) is 7.36. The van der Waals surface area contributed by atoms with Gasteiger partial charge in [-0.3, -0.25) is 0 Å². The highest BCUT2D eigenvalue weighted by Gasteiger charge is 2.32. The number of methoxy groups -OCH3 is 1. The van der Waals surface area contributed by atoms with E-state index in [1.165, 1.54) is 26.0 Å². The number of rotatable bonds is 6. The monoisotopic (exact) mass is 294 g/mol. The Morgan fingerprint density at radius 1 is 1.52 bits per heavy atom. The number of amides is 2. The molecule has 0 heterocycles. The lowest BCUT2D eigenvalue weighted by molar-refractivity contribution is 0.188. The Balaban J connectivity index is 1.79. The van der Waals surface area contributed by atoms with E-state index in [4.69, 9.17) is 4.74 Å². The van der Waals surface area contributed by atoms with Gasteiger partial charge in [-0.15, -0.1) is 0 Å². The molecule has 21 heavy (non-hydrogen) atoms. The first kappa shape index (κ1) is 15.6. The van der Waals surface area contributed by atoms with Crippen LogP contribution in [-0.2, 0) is 6.42 Å². The van der Waals surface area contributed by atoms with Gasteiger partial charge in [0.1, 0.15) is 0 Å². The van der Waals surface area contributed by atoms with E-state index >= 15 is 0 Å². The molecule has 0 saturated heterocycles. The molecule has 1 saturated carbocycles. The van der Waals surface area contributed by atoms with Gasteiger partial charge in [0.05, 0.1) is 7.11 Å². The topological polar surface area (TPSA) is 41.6 Å². The molecule has 0 aliphatic heterocycles. The largest absolute Gasteiger partial charge is 0.494 e. The van der Waals surface area contributed by atoms with Gasteiger partial charge >= 0.3 is 6.03 Å². The van der Waals surface area contributed by atoms with Crippen LogP contribution >= 0.6 is 0 Å². The molecule has 0 aromatic heterocycles. The van der Waals surface area contributed by atoms with Crippen LogP contribution in [0.1, 0.15) is 25.3 Å². The molecule has 116 valence electrons. The average Bonchev–Trinajstić information content (AvgIpc) is 3.32. The van der Waals surface area contributed by atoms with E-state index < -0.39 is 0 Å². The molecule has 1 N–H and O–H groups in total. The van der Waals surface area contributed by atoms with E-state index in [1.54, 1.807) is 17.0 Å². The number of ether oxygens (including phenoxy) is 1. The van der Waals surface area contributed by atoms with Gasteiger partial charge in [0.2, 0.25) is 0 Å². The summed E-state index contributed by atoms with van der Waals surface area (Å²) in [5.74, 6) is 0.517. The molecule has 1 aromatic carbocycles. The zero-order chi connectivity index (χ0) is 15.4. The van der Waals surface area contributed by atoms with E-state index in [9.17, 15) is 9.18 Å². The smallest absolute Gasteiger partial charge is 0.317 e. The third-order valence-corrected chi connectivity index (χ3v) is 4.14. The number of halogens is 1. The molecule has 2 amide bonds. The number of hydrogen-bond donors (Lipinski definition) is 1. The van der Waals surface area contributed by atoms with Gasteiger partial charge in [0.15, 0.2) is 11.6 Å². The highest BCUT2D eigenvalue weighted by Crippen LogP contribution is 2.34. The van der Waals surface area contributed by atoms with Gasteiger partial charge in [-0.2, -0.15) is 0 Å². The van der Waals surface area contributed by atoms with Gasteiger partial charge < -0.3 is 15.0 Å². The lowest BCUT2D eigenvalue weighted by atomic mass is 10.1. The Bertz CT molecular complexity index is 503. The second kappa shape index (κ2) is 6.78. The normalized spacial score (nSPS) is 15.4. The van der Waals surface area contributed by atoms with Crippen LogP contribution in [0.15, 0.2) is 18.2 Å². The van der Waals surface area contributed by atoms with E-state index in [0.717, 1.165) is 5.56 Å². The molecule has 0 spiro atoms. The van der Waals surface area contributed by atoms with Crippen molar-refractivity contribution in [2.75, 3.05) is 20.7 Å². The lowest BCUT2D eigenvalue weighted by Gasteiger charge is -2.25. The quantitative estimate of drug-likeness (QED) is 0.876. The van der Waals surface area contributed by atoms with E-state index in [-0.39, 0.29) is 23.6 Å². The molecule has 1 atom stereocenters. The first-order chi connectivity index (χ1) is 10.0. The molecule has 1 aliphatic rings. The fourth-order valence-corrected chi connectivity index (χ4v) is 2.38. The Morgan fingerprint density at radius 3 is 2.86 bits per heavy atom. The van der Waals surface area contributed by atoms with E-state index in [0.29, 0.717) is 18.9 Å². The van der Waals surface area contributed by atoms with Crippen molar-refractivity contribution in [1.29, 1.82) is 0 Å². The summed E-state index contributed by atoms with van der Waals surface area (Å²) in [5, 5.41) is 2.90. The van der Waals surface area contributed by atoms with Crippen molar-refractivity contribution in [3.63, 3.8) is 0 Å². The Morgan fingerprint density at radius 2 is 2.24 bits per heavy atom. The summed E-state index contributed by atoms with van der Waals surface area (Å²) < 4.78 is 18.2. The number of urea groups is 1. The van der Waals surface area contributed by atoms with Crippen LogP contribution in [0.2, 0.25) is 0 Å². The molecule has 0 bridgehead atoms. The van der Waals surface area contributed by atoms with Crippen molar-refractivity contribution in [1.82, 2.24) is 10.2 Å². The van der Waals surface area contributed by atoms with Crippen LogP contribution in [-0.4, -0.2) is 37.7 Å². The Labute approximate surface area is 125 Å². The van der Waals surface area contributed by atoms with Gasteiger partial charge in [0.25, 0.3) is 0 Å². The molecule has 1 fully saturated rings. The predicted octanol–water partition coefficient (Wildman–Crippen LogP) is 2.82. The van der Waals surface area contributed by atoms with Crippen LogP contribution in [0.25, 0.3) is 0 Å². The van der Waals surface area contributed by atoms with Gasteiger partial charge in [-0.05, 0) is 49.8 Å². The summed E-state index contributed by atoms with van der Waals surface area (Å²) in [6.07, 6.45) is 3.08. The summed E-state index contributed by atoms with van der Waals surface area (Å²) >= 11 is 0. The molecule has 4 nitrogen and oxygen atoms in total. The lowest BCUT2D eigenvalue weighted by Crippen LogP contribution is -2.43. The average molecular weight is 294 g/mol. The van der Waals surface area contributed by atoms with E-state index in [2.05, 4.69) is 12.2 Å². The van der Waals surface area contributed by atoms with Crippen molar-refractivity contribution in [2.24, 2.45) is 5.92 Å². The highest BCUT2D eigenvalue weighted by molar-refractivity contribution is 5.74. The fourth-order valence-electron chi connectivity index (χ4n) is 2.38. The van der Waals surface area contributed by atoms with Gasteiger partial charge in [-0.1, -0.05) is 6.07 Å². The van der Waals surface area contributed by atoms with Crippen molar-refractivity contribution in [3.05, 3.63) is 29.6 Å². The van der Waals surface area contributed by atoms with Crippen molar-refractivity contribution >= 4 is 6.03 Å². The zero-order valence-corrected chi connectivity index (χ0v) is 12.9. The number of carbonyl (C=O) groups is 1. The van der Waals surface area contributed by atoms with Gasteiger partial charge in [-0.25, -0.2) is 9.18 Å². The van der Waals surface area contributed by atoms with Crippen LogP contribution in [0.4, 0.5) is 9.18 Å². The maximum absolute atomic E-state index is 13.3. The number of benzene rings is 1. The molecule has 0 unspecified atom stereocenters. The molecule has 1 aromatic rings. The number of carbonyl (C=O) groups excluding carboxylic acids is 1. The SMILES string of the molecule is COc1cc(CCNC(=O)N(C)[C@H](C)C2CC2)ccc1F. The summed E-state index contributed by atoms with van der Waals surface area (Å²) in [4.78, 5) is 13.8. The Hall–Kier alpha value is -1.78. The minimum absolute atomic E-state index is 0.0523. The Kier molecular flexibility index (Phi) is 5.04. The molecule has 5 heteroatoms. The minimum Gasteiger partial charge on any atom is -0.494 e. The molecule has 1 aliphatic carbocycles. The molecule has 0 radical (unpaired) electrons. The van der Waals surface area contributed by atoms with Crippen LogP contribution < -0.4 is 10.1 Å². The number of nitrogens with zero attached hydrogens (tertiary/aromatic N) is 1. The van der Waals surface area contributed by atoms with Crippen molar-refractivity contribution in [3.8, 4) is 5.75 Å².